The Bertz CT molecular complexity index is 861. The lowest BCUT2D eigenvalue weighted by Crippen LogP contribution is -2.22. The largest absolute Gasteiger partial charge is 0.454 e. The Morgan fingerprint density at radius 1 is 1.32 bits per heavy atom. The topological polar surface area (TPSA) is 59.0 Å². The van der Waals surface area contributed by atoms with E-state index in [-0.39, 0.29) is 18.6 Å². The molecular formula is C20H19NO4. The molecular weight excluding hydrogens is 318 g/mol. The van der Waals surface area contributed by atoms with Crippen LogP contribution in [-0.2, 0) is 0 Å². The van der Waals surface area contributed by atoms with Gasteiger partial charge >= 0.3 is 0 Å². The average molecular weight is 337 g/mol. The molecule has 5 heteroatoms. The van der Waals surface area contributed by atoms with Gasteiger partial charge in [-0.1, -0.05) is 24.3 Å². The third kappa shape index (κ3) is 2.39. The molecule has 25 heavy (non-hydrogen) atoms. The first-order valence-electron chi connectivity index (χ1n) is 8.20. The highest BCUT2D eigenvalue weighted by atomic mass is 16.7. The van der Waals surface area contributed by atoms with Gasteiger partial charge in [0.1, 0.15) is 0 Å². The van der Waals surface area contributed by atoms with E-state index in [0.29, 0.717) is 23.3 Å². The molecule has 0 aromatic heterocycles. The van der Waals surface area contributed by atoms with Gasteiger partial charge < -0.3 is 19.5 Å². The summed E-state index contributed by atoms with van der Waals surface area (Å²) in [7, 11) is 1.61. The number of rotatable bonds is 4. The van der Waals surface area contributed by atoms with Crippen molar-refractivity contribution in [2.45, 2.75) is 18.6 Å². The van der Waals surface area contributed by atoms with Crippen LogP contribution in [0.25, 0.3) is 0 Å². The highest BCUT2D eigenvalue weighted by Crippen LogP contribution is 2.42. The third-order valence-electron chi connectivity index (χ3n) is 4.89. The van der Waals surface area contributed by atoms with E-state index in [1.165, 1.54) is 4.90 Å². The predicted octanol–water partition coefficient (Wildman–Crippen LogP) is 3.20. The number of allylic oxidation sites excluding steroid dienone is 1. The molecule has 1 amide bonds. The Morgan fingerprint density at radius 3 is 2.92 bits per heavy atom. The zero-order valence-corrected chi connectivity index (χ0v) is 13.9. The molecule has 2 aromatic rings. The van der Waals surface area contributed by atoms with Crippen LogP contribution in [0, 0.1) is 0 Å². The lowest BCUT2D eigenvalue weighted by atomic mass is 9.84. The van der Waals surface area contributed by atoms with Crippen molar-refractivity contribution in [2.75, 3.05) is 13.8 Å². The number of hydrogen-bond acceptors (Lipinski definition) is 4. The van der Waals surface area contributed by atoms with Gasteiger partial charge in [0.05, 0.1) is 0 Å². The molecule has 0 spiro atoms. The lowest BCUT2D eigenvalue weighted by Gasteiger charge is -2.22. The van der Waals surface area contributed by atoms with Gasteiger partial charge in [-0.25, -0.2) is 0 Å². The number of fused-ring (bicyclic) bond motifs is 2. The van der Waals surface area contributed by atoms with Gasteiger partial charge in [0.2, 0.25) is 6.79 Å². The summed E-state index contributed by atoms with van der Waals surface area (Å²) in [4.78, 5) is 13.7. The molecule has 5 nitrogen and oxygen atoms in total. The minimum absolute atomic E-state index is 0.0316. The van der Waals surface area contributed by atoms with E-state index in [2.05, 4.69) is 6.58 Å². The van der Waals surface area contributed by atoms with Crippen molar-refractivity contribution < 1.29 is 19.4 Å². The van der Waals surface area contributed by atoms with E-state index in [0.717, 1.165) is 16.9 Å². The van der Waals surface area contributed by atoms with Crippen LogP contribution >= 0.6 is 0 Å². The van der Waals surface area contributed by atoms with E-state index >= 15 is 0 Å². The summed E-state index contributed by atoms with van der Waals surface area (Å²) >= 11 is 0. The summed E-state index contributed by atoms with van der Waals surface area (Å²) in [5, 5.41) is 10.6. The van der Waals surface area contributed by atoms with Gasteiger partial charge in [0.25, 0.3) is 5.91 Å². The second-order valence-corrected chi connectivity index (χ2v) is 6.29. The second kappa shape index (κ2) is 5.93. The van der Waals surface area contributed by atoms with Crippen LogP contribution in [0.4, 0.5) is 0 Å². The van der Waals surface area contributed by atoms with Crippen LogP contribution in [0.3, 0.4) is 0 Å². The van der Waals surface area contributed by atoms with Gasteiger partial charge in [0.15, 0.2) is 17.7 Å². The van der Waals surface area contributed by atoms with Crippen LogP contribution in [0.2, 0.25) is 0 Å². The van der Waals surface area contributed by atoms with Gasteiger partial charge in [0, 0.05) is 24.1 Å². The summed E-state index contributed by atoms with van der Waals surface area (Å²) in [6.07, 6.45) is 1.60. The second-order valence-electron chi connectivity index (χ2n) is 6.29. The molecule has 0 saturated heterocycles. The number of aliphatic hydroxyl groups is 1. The normalized spacial score (nSPS) is 19.0. The number of carbonyl (C=O) groups is 1. The van der Waals surface area contributed by atoms with Crippen molar-refractivity contribution in [2.24, 2.45) is 0 Å². The summed E-state index contributed by atoms with van der Waals surface area (Å²) < 4.78 is 10.9. The molecule has 2 heterocycles. The number of benzene rings is 2. The van der Waals surface area contributed by atoms with Gasteiger partial charge in [-0.2, -0.15) is 0 Å². The van der Waals surface area contributed by atoms with Crippen LogP contribution < -0.4 is 9.47 Å². The number of aliphatic hydroxyl groups excluding tert-OH is 1. The molecule has 128 valence electrons. The standard InChI is InChI=1S/C20H19NO4/c1-3-5-13(12-8-9-16-17(10-12)25-11-24-16)14-6-4-7-15-18(14)20(23)21(2)19(15)22/h3-4,6-10,13,20,23H,1,5,11H2,2H3. The van der Waals surface area contributed by atoms with Crippen LogP contribution in [-0.4, -0.2) is 29.8 Å². The molecule has 0 fully saturated rings. The third-order valence-corrected chi connectivity index (χ3v) is 4.89. The number of ether oxygens (including phenoxy) is 2. The number of carbonyl (C=O) groups excluding carboxylic acids is 1. The maximum atomic E-state index is 12.3. The van der Waals surface area contributed by atoms with Gasteiger partial charge in [-0.05, 0) is 35.7 Å². The Morgan fingerprint density at radius 2 is 2.12 bits per heavy atom. The maximum Gasteiger partial charge on any atom is 0.256 e. The van der Waals surface area contributed by atoms with Crippen molar-refractivity contribution in [3.63, 3.8) is 0 Å². The Balaban J connectivity index is 1.84. The molecule has 4 rings (SSSR count). The minimum atomic E-state index is -0.931. The fourth-order valence-corrected chi connectivity index (χ4v) is 3.60. The summed E-state index contributed by atoms with van der Waals surface area (Å²) in [6, 6.07) is 11.4. The lowest BCUT2D eigenvalue weighted by molar-refractivity contribution is 0.0298. The van der Waals surface area contributed by atoms with Crippen molar-refractivity contribution in [3.8, 4) is 11.5 Å². The van der Waals surface area contributed by atoms with E-state index in [4.69, 9.17) is 9.47 Å². The summed E-state index contributed by atoms with van der Waals surface area (Å²) in [5.74, 6) is 1.26. The van der Waals surface area contributed by atoms with Crippen LogP contribution in [0.1, 0.15) is 45.6 Å². The summed E-state index contributed by atoms with van der Waals surface area (Å²) in [6.45, 7) is 4.10. The van der Waals surface area contributed by atoms with Crippen molar-refractivity contribution in [1.82, 2.24) is 4.90 Å². The molecule has 2 aliphatic rings. The van der Waals surface area contributed by atoms with Crippen LogP contribution in [0.5, 0.6) is 11.5 Å². The zero-order chi connectivity index (χ0) is 17.6. The molecule has 0 bridgehead atoms. The highest BCUT2D eigenvalue weighted by Gasteiger charge is 2.36. The van der Waals surface area contributed by atoms with Crippen molar-refractivity contribution >= 4 is 5.91 Å². The van der Waals surface area contributed by atoms with E-state index in [1.54, 1.807) is 13.1 Å². The zero-order valence-electron chi connectivity index (χ0n) is 13.9. The molecule has 0 aliphatic carbocycles. The molecule has 2 atom stereocenters. The van der Waals surface area contributed by atoms with E-state index in [9.17, 15) is 9.90 Å². The fraction of sp³-hybridized carbons (Fsp3) is 0.250. The Kier molecular flexibility index (Phi) is 3.73. The number of nitrogens with zero attached hydrogens (tertiary/aromatic N) is 1. The molecule has 1 N–H and O–H groups in total. The van der Waals surface area contributed by atoms with E-state index in [1.807, 2.05) is 36.4 Å². The smallest absolute Gasteiger partial charge is 0.256 e. The van der Waals surface area contributed by atoms with Gasteiger partial charge in [-0.15, -0.1) is 6.58 Å². The molecule has 2 aromatic carbocycles. The fourth-order valence-electron chi connectivity index (χ4n) is 3.60. The van der Waals surface area contributed by atoms with Gasteiger partial charge in [-0.3, -0.25) is 4.79 Å². The molecule has 0 saturated carbocycles. The SMILES string of the molecule is C=CCC(c1ccc2c(c1)OCO2)c1cccc2c1C(O)N(C)C2=O. The molecule has 2 aliphatic heterocycles. The van der Waals surface area contributed by atoms with Crippen molar-refractivity contribution in [1.29, 1.82) is 0 Å². The van der Waals surface area contributed by atoms with Crippen LogP contribution in [0.15, 0.2) is 49.1 Å². The first-order valence-corrected chi connectivity index (χ1v) is 8.20. The first kappa shape index (κ1) is 15.7. The molecule has 2 unspecified atom stereocenters. The average Bonchev–Trinajstić information content (AvgIpc) is 3.18. The Hall–Kier alpha value is -2.79. The Labute approximate surface area is 146 Å². The summed E-state index contributed by atoms with van der Waals surface area (Å²) in [5.41, 5.74) is 3.20. The quantitative estimate of drug-likeness (QED) is 0.871. The predicted molar refractivity (Wildman–Crippen MR) is 92.7 cm³/mol. The van der Waals surface area contributed by atoms with E-state index < -0.39 is 6.23 Å². The number of amides is 1. The highest BCUT2D eigenvalue weighted by molar-refractivity contribution is 5.99. The number of hydrogen-bond donors (Lipinski definition) is 1. The van der Waals surface area contributed by atoms with Crippen molar-refractivity contribution in [3.05, 3.63) is 71.3 Å². The minimum Gasteiger partial charge on any atom is -0.454 e. The monoisotopic (exact) mass is 337 g/mol. The maximum absolute atomic E-state index is 12.3. The first-order chi connectivity index (χ1) is 12.1. The molecule has 0 radical (unpaired) electrons.